The van der Waals surface area contributed by atoms with Gasteiger partial charge in [-0.15, -0.1) is 0 Å². The quantitative estimate of drug-likeness (QED) is 0.281. The molecule has 1 amide bonds. The van der Waals surface area contributed by atoms with Crippen molar-refractivity contribution in [3.05, 3.63) is 113 Å². The van der Waals surface area contributed by atoms with Gasteiger partial charge in [-0.05, 0) is 46.7 Å². The zero-order valence-corrected chi connectivity index (χ0v) is 20.1. The molecule has 0 bridgehead atoms. The van der Waals surface area contributed by atoms with Crippen LogP contribution < -0.4 is 11.1 Å². The molecule has 10 heteroatoms. The summed E-state index contributed by atoms with van der Waals surface area (Å²) in [5.41, 5.74) is 9.60. The Morgan fingerprint density at radius 2 is 1.70 bits per heavy atom. The number of aromatic carboxylic acids is 1. The predicted molar refractivity (Wildman–Crippen MR) is 137 cm³/mol. The number of nitrogens with two attached hydrogens (primary N) is 1. The number of aryl methyl sites for hydroxylation is 1. The van der Waals surface area contributed by atoms with Crippen LogP contribution in [0.2, 0.25) is 0 Å². The molecule has 4 N–H and O–H groups in total. The lowest BCUT2D eigenvalue weighted by atomic mass is 10.1. The molecule has 3 aromatic heterocycles. The summed E-state index contributed by atoms with van der Waals surface area (Å²) in [5.74, 6) is -1.91. The van der Waals surface area contributed by atoms with E-state index in [4.69, 9.17) is 5.73 Å². The molecule has 0 aliphatic rings. The summed E-state index contributed by atoms with van der Waals surface area (Å²) in [6.45, 7) is 2.95. The molecule has 0 saturated heterocycles. The Hall–Kier alpha value is -4.83. The Labute approximate surface area is 212 Å². The highest BCUT2D eigenvalue weighted by atomic mass is 16.4. The maximum Gasteiger partial charge on any atom is 0.357 e. The third kappa shape index (κ3) is 5.39. The molecule has 0 fully saturated rings. The van der Waals surface area contributed by atoms with Crippen molar-refractivity contribution in [3.63, 3.8) is 0 Å². The van der Waals surface area contributed by atoms with E-state index < -0.39 is 18.0 Å². The molecule has 186 valence electrons. The average Bonchev–Trinajstić information content (AvgIpc) is 3.51. The number of carboxylic acids is 1. The number of benzene rings is 2. The standard InChI is InChI=1S/C27H25N7O3/c1-17-11-30-33(13-17)14-18-2-4-19(5-3-18)15-34-16-23(24(32-34)27(36)37)26(35)31-25(28)21-6-7-22-12-29-9-8-20(22)10-21/h2-13,16,25H,14-15,28H2,1H3,(H,31,35)(H,36,37). The molecule has 0 aliphatic carbocycles. The molecule has 0 aliphatic heterocycles. The fraction of sp³-hybridized carbons (Fsp3) is 0.148. The first-order valence-electron chi connectivity index (χ1n) is 11.6. The molecule has 1 atom stereocenters. The minimum absolute atomic E-state index is 0.0568. The van der Waals surface area contributed by atoms with E-state index in [0.29, 0.717) is 18.7 Å². The molecule has 0 radical (unpaired) electrons. The van der Waals surface area contributed by atoms with E-state index in [9.17, 15) is 14.7 Å². The molecular weight excluding hydrogens is 470 g/mol. The van der Waals surface area contributed by atoms with Crippen LogP contribution in [0.4, 0.5) is 0 Å². The van der Waals surface area contributed by atoms with E-state index in [1.807, 2.05) is 66.5 Å². The number of nitrogens with zero attached hydrogens (tertiary/aromatic N) is 5. The van der Waals surface area contributed by atoms with Gasteiger partial charge in [-0.2, -0.15) is 10.2 Å². The molecule has 37 heavy (non-hydrogen) atoms. The van der Waals surface area contributed by atoms with Gasteiger partial charge in [-0.3, -0.25) is 19.1 Å². The lowest BCUT2D eigenvalue weighted by Crippen LogP contribution is -2.34. The highest BCUT2D eigenvalue weighted by Gasteiger charge is 2.23. The molecule has 10 nitrogen and oxygen atoms in total. The molecule has 5 aromatic rings. The smallest absolute Gasteiger partial charge is 0.357 e. The van der Waals surface area contributed by atoms with E-state index in [2.05, 4.69) is 20.5 Å². The van der Waals surface area contributed by atoms with E-state index in [1.54, 1.807) is 18.5 Å². The highest BCUT2D eigenvalue weighted by Crippen LogP contribution is 2.18. The van der Waals surface area contributed by atoms with Crippen molar-refractivity contribution in [1.82, 2.24) is 29.9 Å². The van der Waals surface area contributed by atoms with Gasteiger partial charge < -0.3 is 16.2 Å². The van der Waals surface area contributed by atoms with E-state index in [1.165, 1.54) is 10.9 Å². The number of rotatable bonds is 8. The molecule has 5 rings (SSSR count). The van der Waals surface area contributed by atoms with Crippen LogP contribution in [0.3, 0.4) is 0 Å². The number of aromatic nitrogens is 5. The van der Waals surface area contributed by atoms with Crippen molar-refractivity contribution < 1.29 is 14.7 Å². The maximum atomic E-state index is 13.0. The maximum absolute atomic E-state index is 13.0. The molecular formula is C27H25N7O3. The van der Waals surface area contributed by atoms with Gasteiger partial charge in [0.1, 0.15) is 6.17 Å². The Kier molecular flexibility index (Phi) is 6.48. The fourth-order valence-electron chi connectivity index (χ4n) is 4.10. The monoisotopic (exact) mass is 495 g/mol. The van der Waals surface area contributed by atoms with Crippen LogP contribution >= 0.6 is 0 Å². The van der Waals surface area contributed by atoms with Gasteiger partial charge in [-0.25, -0.2) is 4.79 Å². The normalized spacial score (nSPS) is 11.9. The highest BCUT2D eigenvalue weighted by molar-refractivity contribution is 6.03. The fourth-order valence-corrected chi connectivity index (χ4v) is 4.10. The number of hydrogen-bond donors (Lipinski definition) is 3. The lowest BCUT2D eigenvalue weighted by Gasteiger charge is -2.14. The predicted octanol–water partition coefficient (Wildman–Crippen LogP) is 3.12. The number of carboxylic acid groups (broad SMARTS) is 1. The Morgan fingerprint density at radius 3 is 2.38 bits per heavy atom. The van der Waals surface area contributed by atoms with Gasteiger partial charge in [0.2, 0.25) is 0 Å². The van der Waals surface area contributed by atoms with Crippen LogP contribution in [-0.4, -0.2) is 41.5 Å². The van der Waals surface area contributed by atoms with Gasteiger partial charge in [0.05, 0.1) is 24.8 Å². The summed E-state index contributed by atoms with van der Waals surface area (Å²) in [5, 5.41) is 22.6. The summed E-state index contributed by atoms with van der Waals surface area (Å²) in [6.07, 6.45) is 7.80. The SMILES string of the molecule is Cc1cnn(Cc2ccc(Cn3cc(C(=O)NC(N)c4ccc5cnccc5c4)c(C(=O)O)n3)cc2)c1. The first-order valence-corrected chi connectivity index (χ1v) is 11.6. The zero-order chi connectivity index (χ0) is 25.9. The minimum atomic E-state index is -1.29. The third-order valence-corrected chi connectivity index (χ3v) is 5.99. The topological polar surface area (TPSA) is 141 Å². The number of hydrogen-bond acceptors (Lipinski definition) is 6. The van der Waals surface area contributed by atoms with E-state index in [0.717, 1.165) is 27.5 Å². The number of nitrogens with one attached hydrogen (secondary N) is 1. The van der Waals surface area contributed by atoms with Crippen molar-refractivity contribution in [3.8, 4) is 0 Å². The number of carbonyl (C=O) groups is 2. The summed E-state index contributed by atoms with van der Waals surface area (Å²) in [4.78, 5) is 28.9. The number of amides is 1. The molecule has 0 spiro atoms. The third-order valence-electron chi connectivity index (χ3n) is 5.99. The van der Waals surface area contributed by atoms with Gasteiger partial charge in [-0.1, -0.05) is 36.4 Å². The van der Waals surface area contributed by atoms with Gasteiger partial charge >= 0.3 is 5.97 Å². The molecule has 1 unspecified atom stereocenters. The zero-order valence-electron chi connectivity index (χ0n) is 20.1. The van der Waals surface area contributed by atoms with Gasteiger partial charge in [0, 0.05) is 30.2 Å². The number of carbonyl (C=O) groups excluding carboxylic acids is 1. The van der Waals surface area contributed by atoms with E-state index >= 15 is 0 Å². The van der Waals surface area contributed by atoms with Crippen LogP contribution in [0.5, 0.6) is 0 Å². The molecule has 2 aromatic carbocycles. The first kappa shape index (κ1) is 23.9. The Bertz CT molecular complexity index is 1590. The van der Waals surface area contributed by atoms with Crippen molar-refractivity contribution in [1.29, 1.82) is 0 Å². The van der Waals surface area contributed by atoms with E-state index in [-0.39, 0.29) is 11.3 Å². The summed E-state index contributed by atoms with van der Waals surface area (Å²) < 4.78 is 3.31. The second-order valence-corrected chi connectivity index (χ2v) is 8.86. The van der Waals surface area contributed by atoms with Crippen LogP contribution in [0, 0.1) is 6.92 Å². The molecule has 0 saturated carbocycles. The van der Waals surface area contributed by atoms with Crippen LogP contribution in [0.1, 0.15) is 49.3 Å². The largest absolute Gasteiger partial charge is 0.476 e. The van der Waals surface area contributed by atoms with Gasteiger partial charge in [0.25, 0.3) is 5.91 Å². The summed E-state index contributed by atoms with van der Waals surface area (Å²) in [7, 11) is 0. The van der Waals surface area contributed by atoms with Crippen LogP contribution in [-0.2, 0) is 13.1 Å². The lowest BCUT2D eigenvalue weighted by molar-refractivity contribution is 0.0683. The summed E-state index contributed by atoms with van der Waals surface area (Å²) >= 11 is 0. The first-order chi connectivity index (χ1) is 17.9. The van der Waals surface area contributed by atoms with Crippen molar-refractivity contribution >= 4 is 22.6 Å². The minimum Gasteiger partial charge on any atom is -0.476 e. The van der Waals surface area contributed by atoms with Crippen molar-refractivity contribution in [2.45, 2.75) is 26.2 Å². The van der Waals surface area contributed by atoms with Crippen LogP contribution in [0.25, 0.3) is 10.8 Å². The Morgan fingerprint density at radius 1 is 0.973 bits per heavy atom. The van der Waals surface area contributed by atoms with Crippen molar-refractivity contribution in [2.75, 3.05) is 0 Å². The Balaban J connectivity index is 1.29. The second kappa shape index (κ2) is 10.0. The molecule has 3 heterocycles. The average molecular weight is 496 g/mol. The summed E-state index contributed by atoms with van der Waals surface area (Å²) in [6, 6.07) is 15.2. The van der Waals surface area contributed by atoms with Gasteiger partial charge in [0.15, 0.2) is 5.69 Å². The number of fused-ring (bicyclic) bond motifs is 1. The second-order valence-electron chi connectivity index (χ2n) is 8.86. The number of pyridine rings is 1. The van der Waals surface area contributed by atoms with Crippen LogP contribution in [0.15, 0.2) is 79.5 Å². The van der Waals surface area contributed by atoms with Crippen molar-refractivity contribution in [2.24, 2.45) is 5.73 Å².